The van der Waals surface area contributed by atoms with E-state index >= 15 is 0 Å². The largest absolute Gasteiger partial charge is 0.486 e. The lowest BCUT2D eigenvalue weighted by Crippen LogP contribution is -2.31. The lowest BCUT2D eigenvalue weighted by atomic mass is 9.78. The van der Waals surface area contributed by atoms with Crippen LogP contribution in [-0.4, -0.2) is 25.9 Å². The molecular formula is C16H20BrClO3. The first kappa shape index (κ1) is 15.4. The highest BCUT2D eigenvalue weighted by Crippen LogP contribution is 2.45. The van der Waals surface area contributed by atoms with Crippen LogP contribution < -0.4 is 9.47 Å². The third kappa shape index (κ3) is 3.49. The van der Waals surface area contributed by atoms with Crippen molar-refractivity contribution in [1.29, 1.82) is 0 Å². The van der Waals surface area contributed by atoms with Gasteiger partial charge in [0, 0.05) is 22.5 Å². The van der Waals surface area contributed by atoms with Crippen LogP contribution in [0.2, 0.25) is 5.02 Å². The highest BCUT2D eigenvalue weighted by Gasteiger charge is 2.32. The molecule has 1 saturated carbocycles. The summed E-state index contributed by atoms with van der Waals surface area (Å²) in [6.07, 6.45) is 3.83. The second-order valence-electron chi connectivity index (χ2n) is 5.64. The predicted octanol–water partition coefficient (Wildman–Crippen LogP) is 4.75. The highest BCUT2D eigenvalue weighted by atomic mass is 79.9. The van der Waals surface area contributed by atoms with Crippen molar-refractivity contribution in [2.45, 2.75) is 37.1 Å². The maximum atomic E-state index is 6.39. The number of halogens is 2. The molecule has 0 amide bonds. The maximum Gasteiger partial charge on any atom is 0.162 e. The summed E-state index contributed by atoms with van der Waals surface area (Å²) in [5.41, 5.74) is 1.08. The zero-order valence-electron chi connectivity index (χ0n) is 12.1. The minimum atomic E-state index is 0.244. The van der Waals surface area contributed by atoms with Gasteiger partial charge in [0.05, 0.1) is 6.10 Å². The fraction of sp³-hybridized carbons (Fsp3) is 0.625. The van der Waals surface area contributed by atoms with Crippen molar-refractivity contribution in [1.82, 2.24) is 0 Å². The summed E-state index contributed by atoms with van der Waals surface area (Å²) in [4.78, 5) is 0.244. The van der Waals surface area contributed by atoms with Crippen LogP contribution in [0.4, 0.5) is 0 Å². The van der Waals surface area contributed by atoms with E-state index < -0.39 is 0 Å². The van der Waals surface area contributed by atoms with E-state index in [1.807, 2.05) is 12.1 Å². The zero-order chi connectivity index (χ0) is 14.8. The smallest absolute Gasteiger partial charge is 0.162 e. The summed E-state index contributed by atoms with van der Waals surface area (Å²) in [7, 11) is 0. The Labute approximate surface area is 139 Å². The van der Waals surface area contributed by atoms with Crippen molar-refractivity contribution in [2.75, 3.05) is 19.8 Å². The molecule has 0 aromatic heterocycles. The molecule has 5 heteroatoms. The Bertz CT molecular complexity index is 503. The minimum absolute atomic E-state index is 0.244. The summed E-state index contributed by atoms with van der Waals surface area (Å²) in [6, 6.07) is 3.87. The fourth-order valence-corrected chi connectivity index (χ4v) is 4.30. The first-order valence-corrected chi connectivity index (χ1v) is 8.81. The van der Waals surface area contributed by atoms with Gasteiger partial charge in [0.25, 0.3) is 0 Å². The molecule has 1 unspecified atom stereocenters. The summed E-state index contributed by atoms with van der Waals surface area (Å²) < 4.78 is 16.8. The number of hydrogen-bond acceptors (Lipinski definition) is 3. The molecule has 21 heavy (non-hydrogen) atoms. The average Bonchev–Trinajstić information content (AvgIpc) is 2.44. The number of hydrogen-bond donors (Lipinski definition) is 0. The Hall–Kier alpha value is -0.450. The Morgan fingerprint density at radius 2 is 1.95 bits per heavy atom. The second kappa shape index (κ2) is 6.76. The van der Waals surface area contributed by atoms with E-state index in [1.54, 1.807) is 0 Å². The zero-order valence-corrected chi connectivity index (χ0v) is 14.5. The molecule has 0 saturated heterocycles. The van der Waals surface area contributed by atoms with Gasteiger partial charge in [-0.1, -0.05) is 27.5 Å². The van der Waals surface area contributed by atoms with Crippen LogP contribution >= 0.6 is 27.5 Å². The van der Waals surface area contributed by atoms with Gasteiger partial charge in [0.15, 0.2) is 11.5 Å². The topological polar surface area (TPSA) is 27.7 Å². The van der Waals surface area contributed by atoms with Crippen LogP contribution in [0.1, 0.15) is 36.6 Å². The van der Waals surface area contributed by atoms with Crippen molar-refractivity contribution >= 4 is 27.5 Å². The molecule has 1 fully saturated rings. The van der Waals surface area contributed by atoms with E-state index in [-0.39, 0.29) is 4.83 Å². The Kier molecular flexibility index (Phi) is 4.97. The average molecular weight is 376 g/mol. The van der Waals surface area contributed by atoms with Gasteiger partial charge in [-0.25, -0.2) is 0 Å². The summed E-state index contributed by atoms with van der Waals surface area (Å²) >= 11 is 10.2. The molecule has 1 heterocycles. The SMILES string of the molecule is CCOC1CC(CC(Br)c2cc3c(cc2Cl)OCCO3)C1. The quantitative estimate of drug-likeness (QED) is 0.695. The molecule has 116 valence electrons. The molecule has 0 spiro atoms. The maximum absolute atomic E-state index is 6.39. The molecule has 3 nitrogen and oxygen atoms in total. The molecule has 1 aliphatic heterocycles. The molecular weight excluding hydrogens is 356 g/mol. The lowest BCUT2D eigenvalue weighted by molar-refractivity contribution is -0.0264. The van der Waals surface area contributed by atoms with E-state index in [2.05, 4.69) is 22.9 Å². The number of fused-ring (bicyclic) bond motifs is 1. The predicted molar refractivity (Wildman–Crippen MR) is 86.9 cm³/mol. The minimum Gasteiger partial charge on any atom is -0.486 e. The van der Waals surface area contributed by atoms with Crippen molar-refractivity contribution in [2.24, 2.45) is 5.92 Å². The van der Waals surface area contributed by atoms with Gasteiger partial charge in [-0.15, -0.1) is 0 Å². The lowest BCUT2D eigenvalue weighted by Gasteiger charge is -2.36. The molecule has 0 N–H and O–H groups in total. The third-order valence-electron chi connectivity index (χ3n) is 4.13. The van der Waals surface area contributed by atoms with Gasteiger partial charge in [-0.2, -0.15) is 0 Å². The Balaban J connectivity index is 1.63. The number of alkyl halides is 1. The van der Waals surface area contributed by atoms with Gasteiger partial charge in [0.1, 0.15) is 13.2 Å². The van der Waals surface area contributed by atoms with E-state index in [1.165, 1.54) is 0 Å². The molecule has 1 aliphatic carbocycles. The number of ether oxygens (including phenoxy) is 3. The van der Waals surface area contributed by atoms with E-state index in [0.717, 1.165) is 48.0 Å². The first-order valence-electron chi connectivity index (χ1n) is 7.52. The summed E-state index contributed by atoms with van der Waals surface area (Å²) in [5.74, 6) is 2.25. The Morgan fingerprint density at radius 3 is 2.62 bits per heavy atom. The molecule has 1 aromatic carbocycles. The molecule has 0 radical (unpaired) electrons. The van der Waals surface area contributed by atoms with Crippen molar-refractivity contribution < 1.29 is 14.2 Å². The molecule has 3 rings (SSSR count). The fourth-order valence-electron chi connectivity index (χ4n) is 2.98. The molecule has 1 atom stereocenters. The Morgan fingerprint density at radius 1 is 1.29 bits per heavy atom. The number of rotatable bonds is 5. The third-order valence-corrected chi connectivity index (χ3v) is 5.33. The summed E-state index contributed by atoms with van der Waals surface area (Å²) in [5, 5.41) is 0.738. The number of benzene rings is 1. The first-order chi connectivity index (χ1) is 10.2. The van der Waals surface area contributed by atoms with Gasteiger partial charge < -0.3 is 14.2 Å². The monoisotopic (exact) mass is 374 g/mol. The normalized spacial score (nSPS) is 25.3. The van der Waals surface area contributed by atoms with Crippen LogP contribution in [0.25, 0.3) is 0 Å². The van der Waals surface area contributed by atoms with Gasteiger partial charge in [-0.05, 0) is 43.7 Å². The standard InChI is InChI=1S/C16H20BrClO3/c1-2-19-11-5-10(6-11)7-13(17)12-8-15-16(9-14(12)18)21-4-3-20-15/h8-11,13H,2-7H2,1H3. The summed E-state index contributed by atoms with van der Waals surface area (Å²) in [6.45, 7) is 4.04. The van der Waals surface area contributed by atoms with Crippen LogP contribution in [0.5, 0.6) is 11.5 Å². The van der Waals surface area contributed by atoms with E-state index in [4.69, 9.17) is 25.8 Å². The van der Waals surface area contributed by atoms with E-state index in [9.17, 15) is 0 Å². The van der Waals surface area contributed by atoms with Crippen molar-refractivity contribution in [3.05, 3.63) is 22.7 Å². The molecule has 0 bridgehead atoms. The van der Waals surface area contributed by atoms with Crippen molar-refractivity contribution in [3.63, 3.8) is 0 Å². The van der Waals surface area contributed by atoms with Crippen molar-refractivity contribution in [3.8, 4) is 11.5 Å². The highest BCUT2D eigenvalue weighted by molar-refractivity contribution is 9.09. The van der Waals surface area contributed by atoms with E-state index in [0.29, 0.717) is 25.2 Å². The van der Waals surface area contributed by atoms with Gasteiger partial charge in [0.2, 0.25) is 0 Å². The van der Waals surface area contributed by atoms with Crippen LogP contribution in [0.15, 0.2) is 12.1 Å². The van der Waals surface area contributed by atoms with Gasteiger partial charge >= 0.3 is 0 Å². The molecule has 1 aromatic rings. The molecule has 2 aliphatic rings. The van der Waals surface area contributed by atoms with Crippen LogP contribution in [0, 0.1) is 5.92 Å². The second-order valence-corrected chi connectivity index (χ2v) is 7.15. The van der Waals surface area contributed by atoms with Crippen LogP contribution in [0.3, 0.4) is 0 Å². The van der Waals surface area contributed by atoms with Gasteiger partial charge in [-0.3, -0.25) is 0 Å². The van der Waals surface area contributed by atoms with Crippen LogP contribution in [-0.2, 0) is 4.74 Å².